The SMILES string of the molecule is Cc1cc2ncnc(NC3CC3)c2cc1-c1cccc(CN(C(=O)CCc2ccccc2)C2CC2)c1. The molecule has 2 fully saturated rings. The van der Waals surface area contributed by atoms with Gasteiger partial charge in [0.2, 0.25) is 5.91 Å². The molecule has 0 unspecified atom stereocenters. The molecule has 0 aliphatic heterocycles. The van der Waals surface area contributed by atoms with Crippen LogP contribution >= 0.6 is 0 Å². The molecule has 1 heterocycles. The Balaban J connectivity index is 1.24. The molecule has 1 aromatic heterocycles. The summed E-state index contributed by atoms with van der Waals surface area (Å²) in [6, 6.07) is 24.2. The minimum atomic E-state index is 0.251. The van der Waals surface area contributed by atoms with Crippen LogP contribution in [0.1, 0.15) is 48.8 Å². The fraction of sp³-hybridized carbons (Fsp3) is 0.323. The molecule has 2 aliphatic rings. The number of anilines is 1. The highest BCUT2D eigenvalue weighted by Crippen LogP contribution is 2.34. The van der Waals surface area contributed by atoms with Crippen molar-refractivity contribution in [1.82, 2.24) is 14.9 Å². The molecule has 2 aliphatic carbocycles. The fourth-order valence-electron chi connectivity index (χ4n) is 4.94. The van der Waals surface area contributed by atoms with E-state index in [0.29, 0.717) is 25.0 Å². The van der Waals surface area contributed by atoms with E-state index in [2.05, 4.69) is 75.6 Å². The summed E-state index contributed by atoms with van der Waals surface area (Å²) in [6.45, 7) is 2.80. The fourth-order valence-corrected chi connectivity index (χ4v) is 4.94. The van der Waals surface area contributed by atoms with Crippen LogP contribution < -0.4 is 5.32 Å². The van der Waals surface area contributed by atoms with E-state index in [4.69, 9.17) is 0 Å². The van der Waals surface area contributed by atoms with Gasteiger partial charge in [0.25, 0.3) is 0 Å². The molecule has 182 valence electrons. The summed E-state index contributed by atoms with van der Waals surface area (Å²) in [5, 5.41) is 4.62. The third kappa shape index (κ3) is 5.11. The topological polar surface area (TPSA) is 58.1 Å². The van der Waals surface area contributed by atoms with Crippen molar-refractivity contribution in [1.29, 1.82) is 0 Å². The van der Waals surface area contributed by atoms with Gasteiger partial charge in [-0.15, -0.1) is 0 Å². The number of carbonyl (C=O) groups is 1. The number of aromatic nitrogens is 2. The average molecular weight is 477 g/mol. The second kappa shape index (κ2) is 9.73. The van der Waals surface area contributed by atoms with Gasteiger partial charge in [0.1, 0.15) is 12.1 Å². The lowest BCUT2D eigenvalue weighted by Crippen LogP contribution is -2.32. The van der Waals surface area contributed by atoms with Crippen molar-refractivity contribution in [2.45, 2.75) is 64.1 Å². The van der Waals surface area contributed by atoms with Crippen LogP contribution in [0, 0.1) is 6.92 Å². The first-order valence-corrected chi connectivity index (χ1v) is 13.1. The van der Waals surface area contributed by atoms with Crippen molar-refractivity contribution in [3.8, 4) is 11.1 Å². The summed E-state index contributed by atoms with van der Waals surface area (Å²) >= 11 is 0. The number of rotatable bonds is 9. The maximum atomic E-state index is 13.2. The van der Waals surface area contributed by atoms with Gasteiger partial charge in [-0.1, -0.05) is 48.5 Å². The van der Waals surface area contributed by atoms with E-state index in [1.807, 2.05) is 18.2 Å². The van der Waals surface area contributed by atoms with Crippen LogP contribution in [-0.4, -0.2) is 32.9 Å². The van der Waals surface area contributed by atoms with Gasteiger partial charge in [-0.2, -0.15) is 0 Å². The zero-order valence-electron chi connectivity index (χ0n) is 20.8. The Kier molecular flexibility index (Phi) is 6.14. The van der Waals surface area contributed by atoms with Crippen molar-refractivity contribution in [2.75, 3.05) is 5.32 Å². The minimum Gasteiger partial charge on any atom is -0.367 e. The Morgan fingerprint density at radius 1 is 0.944 bits per heavy atom. The molecule has 6 rings (SSSR count). The van der Waals surface area contributed by atoms with E-state index < -0.39 is 0 Å². The normalized spacial score (nSPS) is 15.1. The third-order valence-electron chi connectivity index (χ3n) is 7.27. The number of hydrogen-bond acceptors (Lipinski definition) is 4. The first-order chi connectivity index (χ1) is 17.6. The zero-order valence-corrected chi connectivity index (χ0v) is 20.8. The van der Waals surface area contributed by atoms with Gasteiger partial charge >= 0.3 is 0 Å². The number of nitrogens with zero attached hydrogens (tertiary/aromatic N) is 3. The monoisotopic (exact) mass is 476 g/mol. The summed E-state index contributed by atoms with van der Waals surface area (Å²) < 4.78 is 0. The predicted octanol–water partition coefficient (Wildman–Crippen LogP) is 6.30. The first-order valence-electron chi connectivity index (χ1n) is 13.1. The molecule has 5 heteroatoms. The van der Waals surface area contributed by atoms with Crippen molar-refractivity contribution in [3.63, 3.8) is 0 Å². The van der Waals surface area contributed by atoms with Crippen molar-refractivity contribution >= 4 is 22.6 Å². The third-order valence-corrected chi connectivity index (χ3v) is 7.27. The lowest BCUT2D eigenvalue weighted by atomic mass is 9.96. The maximum absolute atomic E-state index is 13.2. The summed E-state index contributed by atoms with van der Waals surface area (Å²) in [7, 11) is 0. The van der Waals surface area contributed by atoms with Crippen LogP contribution in [0.15, 0.2) is 73.1 Å². The smallest absolute Gasteiger partial charge is 0.223 e. The van der Waals surface area contributed by atoms with Crippen LogP contribution in [0.25, 0.3) is 22.0 Å². The van der Waals surface area contributed by atoms with E-state index in [-0.39, 0.29) is 5.91 Å². The maximum Gasteiger partial charge on any atom is 0.223 e. The number of aryl methyl sites for hydroxylation is 2. The lowest BCUT2D eigenvalue weighted by Gasteiger charge is -2.23. The van der Waals surface area contributed by atoms with Gasteiger partial charge in [-0.3, -0.25) is 4.79 Å². The van der Waals surface area contributed by atoms with Crippen LogP contribution in [0.4, 0.5) is 5.82 Å². The van der Waals surface area contributed by atoms with Crippen LogP contribution in [0.5, 0.6) is 0 Å². The quantitative estimate of drug-likeness (QED) is 0.308. The van der Waals surface area contributed by atoms with E-state index in [9.17, 15) is 4.79 Å². The molecular formula is C31H32N4O. The second-order valence-corrected chi connectivity index (χ2v) is 10.3. The molecular weight excluding hydrogens is 444 g/mol. The Bertz CT molecular complexity index is 1390. The Morgan fingerprint density at radius 2 is 1.75 bits per heavy atom. The number of benzene rings is 3. The van der Waals surface area contributed by atoms with Gasteiger partial charge in [0.05, 0.1) is 5.52 Å². The summed E-state index contributed by atoms with van der Waals surface area (Å²) in [6.07, 6.45) is 7.61. The first kappa shape index (κ1) is 22.7. The van der Waals surface area contributed by atoms with Crippen LogP contribution in [0.3, 0.4) is 0 Å². The Hall–Kier alpha value is -3.73. The standard InChI is InChI=1S/C31H32N4O/c1-21-16-29-28(31(33-20-32-29)34-25-11-12-25)18-27(21)24-9-5-8-23(17-24)19-35(26-13-14-26)30(36)15-10-22-6-3-2-4-7-22/h2-9,16-18,20,25-26H,10-15,19H2,1H3,(H,32,33,34). The average Bonchev–Trinajstić information content (AvgIpc) is 3.82. The number of amides is 1. The highest BCUT2D eigenvalue weighted by Gasteiger charge is 2.32. The zero-order chi connectivity index (χ0) is 24.5. The van der Waals surface area contributed by atoms with Gasteiger partial charge in [-0.25, -0.2) is 9.97 Å². The minimum absolute atomic E-state index is 0.251. The van der Waals surface area contributed by atoms with Gasteiger partial charge in [0.15, 0.2) is 0 Å². The molecule has 4 aromatic rings. The number of hydrogen-bond donors (Lipinski definition) is 1. The molecule has 1 amide bonds. The number of carbonyl (C=O) groups excluding carboxylic acids is 1. The molecule has 5 nitrogen and oxygen atoms in total. The van der Waals surface area contributed by atoms with Crippen LogP contribution in [-0.2, 0) is 17.8 Å². The summed E-state index contributed by atoms with van der Waals surface area (Å²) in [5.74, 6) is 1.17. The van der Waals surface area contributed by atoms with Crippen molar-refractivity contribution in [2.24, 2.45) is 0 Å². The molecule has 36 heavy (non-hydrogen) atoms. The van der Waals surface area contributed by atoms with Crippen LogP contribution in [0.2, 0.25) is 0 Å². The van der Waals surface area contributed by atoms with Crippen molar-refractivity contribution in [3.05, 3.63) is 89.7 Å². The molecule has 0 bridgehead atoms. The molecule has 3 aromatic carbocycles. The molecule has 1 N–H and O–H groups in total. The molecule has 2 saturated carbocycles. The van der Waals surface area contributed by atoms with Gasteiger partial charge < -0.3 is 10.2 Å². The summed E-state index contributed by atoms with van der Waals surface area (Å²) in [4.78, 5) is 24.3. The largest absolute Gasteiger partial charge is 0.367 e. The van der Waals surface area contributed by atoms with Crippen molar-refractivity contribution < 1.29 is 4.79 Å². The molecule has 0 radical (unpaired) electrons. The van der Waals surface area contributed by atoms with E-state index in [0.717, 1.165) is 36.0 Å². The van der Waals surface area contributed by atoms with Gasteiger partial charge in [-0.05, 0) is 85.0 Å². The Labute approximate surface area is 212 Å². The predicted molar refractivity (Wildman–Crippen MR) is 145 cm³/mol. The van der Waals surface area contributed by atoms with E-state index >= 15 is 0 Å². The lowest BCUT2D eigenvalue weighted by molar-refractivity contribution is -0.132. The van der Waals surface area contributed by atoms with E-state index in [1.54, 1.807) is 6.33 Å². The molecule has 0 spiro atoms. The number of nitrogens with one attached hydrogen (secondary N) is 1. The molecule has 0 saturated heterocycles. The Morgan fingerprint density at radius 3 is 2.53 bits per heavy atom. The highest BCUT2D eigenvalue weighted by molar-refractivity contribution is 5.94. The molecule has 0 atom stereocenters. The summed E-state index contributed by atoms with van der Waals surface area (Å²) in [5.41, 5.74) is 6.90. The second-order valence-electron chi connectivity index (χ2n) is 10.3. The van der Waals surface area contributed by atoms with Gasteiger partial charge in [0, 0.05) is 30.4 Å². The highest BCUT2D eigenvalue weighted by atomic mass is 16.2. The van der Waals surface area contributed by atoms with E-state index in [1.165, 1.54) is 40.7 Å². The number of fused-ring (bicyclic) bond motifs is 1.